The molecule has 0 aliphatic heterocycles. The summed E-state index contributed by atoms with van der Waals surface area (Å²) in [7, 11) is 0. The quantitative estimate of drug-likeness (QED) is 0.482. The molecule has 2 fully saturated rings. The number of allylic oxidation sites excluding steroid dienone is 6. The van der Waals surface area contributed by atoms with E-state index in [9.17, 15) is 9.59 Å². The zero-order chi connectivity index (χ0) is 26.2. The van der Waals surface area contributed by atoms with Crippen molar-refractivity contribution in [2.24, 2.45) is 11.3 Å². The number of carbonyl (C=O) groups excluding carboxylic acids is 1. The first-order chi connectivity index (χ1) is 18.5. The minimum atomic E-state index is -0.870. The Kier molecular flexibility index (Phi) is 7.03. The molecule has 6 rings (SSSR count). The number of fused-ring (bicyclic) bond motifs is 1. The summed E-state index contributed by atoms with van der Waals surface area (Å²) in [5, 5.41) is 8.67. The van der Waals surface area contributed by atoms with Crippen molar-refractivity contribution in [1.82, 2.24) is 24.9 Å². The zero-order valence-electron chi connectivity index (χ0n) is 21.8. The molecule has 2 aromatic heterocycles. The molecule has 9 heteroatoms. The van der Waals surface area contributed by atoms with Gasteiger partial charge in [0.1, 0.15) is 5.60 Å². The lowest BCUT2D eigenvalue weighted by atomic mass is 9.79. The number of aromatic nitrogens is 4. The minimum absolute atomic E-state index is 0.0154. The van der Waals surface area contributed by atoms with Crippen LogP contribution in [-0.2, 0) is 16.1 Å². The van der Waals surface area contributed by atoms with Gasteiger partial charge in [0.2, 0.25) is 5.78 Å². The summed E-state index contributed by atoms with van der Waals surface area (Å²) in [6.07, 6.45) is 19.8. The molecule has 0 saturated heterocycles. The molecular formula is C29H36ClN5O3. The van der Waals surface area contributed by atoms with Crippen molar-refractivity contribution in [3.05, 3.63) is 57.3 Å². The number of amides is 1. The Balaban J connectivity index is 1.15. The summed E-state index contributed by atoms with van der Waals surface area (Å²) >= 11 is 6.20. The topological polar surface area (TPSA) is 101 Å². The van der Waals surface area contributed by atoms with Gasteiger partial charge in [0, 0.05) is 23.3 Å². The third-order valence-electron chi connectivity index (χ3n) is 8.98. The second kappa shape index (κ2) is 10.5. The number of hydrogen-bond donors (Lipinski definition) is 2. The lowest BCUT2D eigenvalue weighted by molar-refractivity contribution is -0.155. The van der Waals surface area contributed by atoms with Gasteiger partial charge in [0.25, 0.3) is 11.5 Å². The first-order valence-electron chi connectivity index (χ1n) is 14.1. The average Bonchev–Trinajstić information content (AvgIpc) is 3.61. The molecule has 38 heavy (non-hydrogen) atoms. The molecule has 2 heterocycles. The van der Waals surface area contributed by atoms with Gasteiger partial charge in [-0.15, -0.1) is 5.10 Å². The Labute approximate surface area is 227 Å². The van der Waals surface area contributed by atoms with Crippen molar-refractivity contribution < 1.29 is 9.53 Å². The van der Waals surface area contributed by atoms with Crippen LogP contribution in [0.3, 0.4) is 0 Å². The van der Waals surface area contributed by atoms with Crippen LogP contribution in [0.1, 0.15) is 88.6 Å². The third kappa shape index (κ3) is 5.13. The molecule has 4 aliphatic carbocycles. The number of nitrogens with zero attached hydrogens (tertiary/aromatic N) is 3. The average molecular weight is 538 g/mol. The highest BCUT2D eigenvalue weighted by molar-refractivity contribution is 6.29. The lowest BCUT2D eigenvalue weighted by Crippen LogP contribution is -2.51. The maximum atomic E-state index is 13.6. The van der Waals surface area contributed by atoms with E-state index in [1.165, 1.54) is 10.6 Å². The Hall–Kier alpha value is -2.71. The van der Waals surface area contributed by atoms with Gasteiger partial charge in [-0.3, -0.25) is 9.59 Å². The van der Waals surface area contributed by atoms with Crippen molar-refractivity contribution in [1.29, 1.82) is 0 Å². The molecule has 1 unspecified atom stereocenters. The second-order valence-corrected chi connectivity index (χ2v) is 12.0. The molecule has 0 radical (unpaired) electrons. The molecule has 0 aromatic carbocycles. The van der Waals surface area contributed by atoms with Crippen molar-refractivity contribution in [2.45, 2.75) is 89.3 Å². The van der Waals surface area contributed by atoms with Crippen molar-refractivity contribution in [2.75, 3.05) is 6.54 Å². The Bertz CT molecular complexity index is 1360. The fourth-order valence-electron chi connectivity index (χ4n) is 6.38. The van der Waals surface area contributed by atoms with Gasteiger partial charge < -0.3 is 15.0 Å². The number of aromatic amines is 1. The first kappa shape index (κ1) is 25.6. The van der Waals surface area contributed by atoms with Gasteiger partial charge in [-0.05, 0) is 74.7 Å². The number of halogens is 1. The van der Waals surface area contributed by atoms with Crippen molar-refractivity contribution in [3.63, 3.8) is 0 Å². The Morgan fingerprint density at radius 2 is 2.05 bits per heavy atom. The van der Waals surface area contributed by atoms with E-state index >= 15 is 0 Å². The molecule has 202 valence electrons. The van der Waals surface area contributed by atoms with E-state index in [1.807, 2.05) is 12.2 Å². The molecule has 4 aliphatic rings. The summed E-state index contributed by atoms with van der Waals surface area (Å²) in [4.78, 5) is 34.2. The number of hydrogen-bond acceptors (Lipinski definition) is 5. The molecule has 0 bridgehead atoms. The monoisotopic (exact) mass is 537 g/mol. The predicted octanol–water partition coefficient (Wildman–Crippen LogP) is 5.19. The van der Waals surface area contributed by atoms with E-state index in [2.05, 4.69) is 32.5 Å². The van der Waals surface area contributed by atoms with Gasteiger partial charge in [0.05, 0.1) is 6.61 Å². The van der Waals surface area contributed by atoms with E-state index < -0.39 is 5.60 Å². The molecule has 8 nitrogen and oxygen atoms in total. The number of nitrogens with one attached hydrogen (secondary N) is 2. The Morgan fingerprint density at radius 1 is 1.21 bits per heavy atom. The summed E-state index contributed by atoms with van der Waals surface area (Å²) in [6.45, 7) is 0.841. The standard InChI is InChI=1S/C29H36ClN5O3/c30-22-11-9-21(10-12-22)28(15-16-28)19-31-26(37)29(13-5-2-6-14-29)38-18-23-17-24(36)35-27(32-23)33-25(34-35)20-7-3-1-4-8-20/h1,3,7,11,17,21H,2,4-6,8-10,12-16,18-19H2,(H,31,37)(H,32,33,34). The van der Waals surface area contributed by atoms with Crippen LogP contribution in [-0.4, -0.2) is 37.6 Å². The maximum absolute atomic E-state index is 13.6. The minimum Gasteiger partial charge on any atom is -0.359 e. The smallest absolute Gasteiger partial charge is 0.275 e. The zero-order valence-corrected chi connectivity index (χ0v) is 22.6. The highest BCUT2D eigenvalue weighted by Crippen LogP contribution is 2.56. The molecule has 2 aromatic rings. The fourth-order valence-corrected chi connectivity index (χ4v) is 6.58. The van der Waals surface area contributed by atoms with Crippen LogP contribution >= 0.6 is 11.6 Å². The molecule has 0 spiro atoms. The maximum Gasteiger partial charge on any atom is 0.275 e. The van der Waals surface area contributed by atoms with Crippen molar-refractivity contribution in [3.8, 4) is 0 Å². The van der Waals surface area contributed by atoms with Crippen LogP contribution in [0.4, 0.5) is 0 Å². The first-order valence-corrected chi connectivity index (χ1v) is 14.5. The molecule has 1 amide bonds. The van der Waals surface area contributed by atoms with Gasteiger partial charge in [-0.25, -0.2) is 0 Å². The van der Waals surface area contributed by atoms with Gasteiger partial charge in [0.15, 0.2) is 5.82 Å². The largest absolute Gasteiger partial charge is 0.359 e. The van der Waals surface area contributed by atoms with E-state index in [0.717, 1.165) is 74.8 Å². The molecular weight excluding hydrogens is 502 g/mol. The van der Waals surface area contributed by atoms with Gasteiger partial charge in [-0.2, -0.15) is 9.50 Å². The van der Waals surface area contributed by atoms with E-state index in [4.69, 9.17) is 16.3 Å². The fraction of sp³-hybridized carbons (Fsp3) is 0.586. The predicted molar refractivity (Wildman–Crippen MR) is 147 cm³/mol. The molecule has 1 atom stereocenters. The van der Waals surface area contributed by atoms with E-state index in [-0.39, 0.29) is 23.5 Å². The summed E-state index contributed by atoms with van der Waals surface area (Å²) < 4.78 is 7.70. The highest BCUT2D eigenvalue weighted by atomic mass is 35.5. The molecule has 2 N–H and O–H groups in total. The van der Waals surface area contributed by atoms with Crippen molar-refractivity contribution >= 4 is 28.9 Å². The number of carbonyl (C=O) groups is 1. The summed E-state index contributed by atoms with van der Waals surface area (Å²) in [5.41, 5.74) is 0.680. The highest BCUT2D eigenvalue weighted by Gasteiger charge is 2.50. The number of H-pyrrole nitrogens is 1. The van der Waals surface area contributed by atoms with Gasteiger partial charge in [-0.1, -0.05) is 55.2 Å². The van der Waals surface area contributed by atoms with E-state index in [1.54, 1.807) is 0 Å². The molecule has 2 saturated carbocycles. The normalized spacial score (nSPS) is 24.1. The lowest BCUT2D eigenvalue weighted by Gasteiger charge is -2.37. The van der Waals surface area contributed by atoms with Crippen LogP contribution in [0.25, 0.3) is 11.4 Å². The number of ether oxygens (including phenoxy) is 1. The number of rotatable bonds is 8. The van der Waals surface area contributed by atoms with Crippen LogP contribution in [0.2, 0.25) is 0 Å². The summed E-state index contributed by atoms with van der Waals surface area (Å²) in [5.74, 6) is 1.52. The van der Waals surface area contributed by atoms with Crippen LogP contribution in [0, 0.1) is 11.3 Å². The van der Waals surface area contributed by atoms with Crippen LogP contribution < -0.4 is 10.9 Å². The van der Waals surface area contributed by atoms with Gasteiger partial charge >= 0.3 is 0 Å². The second-order valence-electron chi connectivity index (χ2n) is 11.5. The SMILES string of the molecule is O=C(NCC1(C2CC=C(Cl)CC2)CC1)C1(OCc2cc(=O)n3nc(C4=CC=CCC4)nc3[nH]2)CCCCC1. The van der Waals surface area contributed by atoms with Crippen LogP contribution in [0.5, 0.6) is 0 Å². The van der Waals surface area contributed by atoms with E-state index in [0.29, 0.717) is 42.6 Å². The third-order valence-corrected chi connectivity index (χ3v) is 9.32. The van der Waals surface area contributed by atoms with Crippen LogP contribution in [0.15, 0.2) is 40.2 Å². The Morgan fingerprint density at radius 3 is 2.76 bits per heavy atom. The summed E-state index contributed by atoms with van der Waals surface area (Å²) in [6, 6.07) is 1.50.